The van der Waals surface area contributed by atoms with E-state index in [2.05, 4.69) is 30.3 Å². The van der Waals surface area contributed by atoms with Gasteiger partial charge in [0.1, 0.15) is 6.07 Å². The Morgan fingerprint density at radius 3 is 1.52 bits per heavy atom. The highest BCUT2D eigenvalue weighted by atomic mass is 16.2. The molecule has 1 saturated heterocycles. The Kier molecular flexibility index (Phi) is 3.17. The van der Waals surface area contributed by atoms with E-state index in [-0.39, 0.29) is 23.7 Å². The van der Waals surface area contributed by atoms with Crippen LogP contribution in [0.2, 0.25) is 0 Å². The lowest BCUT2D eigenvalue weighted by Gasteiger charge is -2.45. The Morgan fingerprint density at radius 1 is 0.655 bits per heavy atom. The number of carbonyl (C=O) groups is 2. The Morgan fingerprint density at radius 2 is 1.07 bits per heavy atom. The number of imide groups is 1. The largest absolute Gasteiger partial charge is 0.274 e. The van der Waals surface area contributed by atoms with E-state index in [0.717, 1.165) is 22.3 Å². The molecule has 1 aliphatic heterocycles. The SMILES string of the molecule is N#Cc1ccccc1N1C(=O)[C@@H]2C3c4ccccc4C(c4ccccc43)[C@H]2C1=O. The quantitative estimate of drug-likeness (QED) is 0.604. The zero-order valence-corrected chi connectivity index (χ0v) is 15.4. The lowest BCUT2D eigenvalue weighted by atomic mass is 9.55. The summed E-state index contributed by atoms with van der Waals surface area (Å²) in [6.07, 6.45) is 0. The van der Waals surface area contributed by atoms with Crippen molar-refractivity contribution >= 4 is 17.5 Å². The first-order chi connectivity index (χ1) is 14.2. The number of hydrogen-bond acceptors (Lipinski definition) is 3. The summed E-state index contributed by atoms with van der Waals surface area (Å²) in [4.78, 5) is 28.5. The lowest BCUT2D eigenvalue weighted by Crippen LogP contribution is -2.41. The molecule has 2 bridgehead atoms. The highest BCUT2D eigenvalue weighted by Crippen LogP contribution is 2.61. The van der Waals surface area contributed by atoms with Crippen molar-refractivity contribution in [2.24, 2.45) is 11.8 Å². The Hall–Kier alpha value is -3.71. The van der Waals surface area contributed by atoms with E-state index in [1.165, 1.54) is 4.90 Å². The van der Waals surface area contributed by atoms with Crippen LogP contribution in [0.5, 0.6) is 0 Å². The van der Waals surface area contributed by atoms with Gasteiger partial charge in [-0.1, -0.05) is 60.7 Å². The molecule has 3 aromatic carbocycles. The molecule has 0 aromatic heterocycles. The zero-order valence-electron chi connectivity index (χ0n) is 15.4. The fourth-order valence-electron chi connectivity index (χ4n) is 5.68. The van der Waals surface area contributed by atoms with Crippen LogP contribution in [-0.2, 0) is 9.59 Å². The van der Waals surface area contributed by atoms with Crippen LogP contribution in [-0.4, -0.2) is 11.8 Å². The molecule has 7 rings (SSSR count). The van der Waals surface area contributed by atoms with Gasteiger partial charge in [-0.25, -0.2) is 4.90 Å². The number of amides is 2. The van der Waals surface area contributed by atoms with Crippen molar-refractivity contribution in [2.75, 3.05) is 4.90 Å². The average molecular weight is 376 g/mol. The molecule has 0 saturated carbocycles. The molecule has 4 heteroatoms. The van der Waals surface area contributed by atoms with E-state index in [1.807, 2.05) is 24.3 Å². The normalized spacial score (nSPS) is 26.0. The second-order valence-electron chi connectivity index (χ2n) is 7.91. The van der Waals surface area contributed by atoms with Gasteiger partial charge in [0.2, 0.25) is 11.8 Å². The number of anilines is 1. The third-order valence-corrected chi connectivity index (χ3v) is 6.71. The van der Waals surface area contributed by atoms with Gasteiger partial charge >= 0.3 is 0 Å². The minimum atomic E-state index is -0.427. The molecular formula is C25H16N2O2. The summed E-state index contributed by atoms with van der Waals surface area (Å²) in [5.41, 5.74) is 5.33. The molecule has 3 aromatic rings. The number of para-hydroxylation sites is 1. The highest BCUT2D eigenvalue weighted by molar-refractivity contribution is 6.24. The topological polar surface area (TPSA) is 61.2 Å². The van der Waals surface area contributed by atoms with Gasteiger partial charge < -0.3 is 0 Å². The molecule has 4 aliphatic rings. The highest BCUT2D eigenvalue weighted by Gasteiger charge is 2.61. The molecule has 2 atom stereocenters. The van der Waals surface area contributed by atoms with Crippen molar-refractivity contribution < 1.29 is 9.59 Å². The van der Waals surface area contributed by atoms with E-state index in [9.17, 15) is 14.9 Å². The number of benzene rings is 3. The van der Waals surface area contributed by atoms with Crippen LogP contribution in [0.15, 0.2) is 72.8 Å². The van der Waals surface area contributed by atoms with Gasteiger partial charge in [-0.15, -0.1) is 0 Å². The van der Waals surface area contributed by atoms with E-state index < -0.39 is 11.8 Å². The van der Waals surface area contributed by atoms with Crippen molar-refractivity contribution in [1.29, 1.82) is 5.26 Å². The molecular weight excluding hydrogens is 360 g/mol. The van der Waals surface area contributed by atoms with E-state index in [1.54, 1.807) is 24.3 Å². The molecule has 2 amide bonds. The van der Waals surface area contributed by atoms with Crippen molar-refractivity contribution in [1.82, 2.24) is 0 Å². The molecule has 1 heterocycles. The summed E-state index contributed by atoms with van der Waals surface area (Å²) < 4.78 is 0. The van der Waals surface area contributed by atoms with Gasteiger partial charge in [0.25, 0.3) is 0 Å². The Bertz CT molecular complexity index is 1140. The monoisotopic (exact) mass is 376 g/mol. The van der Waals surface area contributed by atoms with Crippen LogP contribution in [0.3, 0.4) is 0 Å². The number of rotatable bonds is 1. The van der Waals surface area contributed by atoms with Crippen molar-refractivity contribution in [2.45, 2.75) is 11.8 Å². The maximum atomic E-state index is 13.6. The van der Waals surface area contributed by atoms with Crippen LogP contribution in [0.4, 0.5) is 5.69 Å². The molecule has 3 aliphatic carbocycles. The van der Waals surface area contributed by atoms with Gasteiger partial charge in [-0.05, 0) is 34.4 Å². The van der Waals surface area contributed by atoms with Crippen LogP contribution in [0, 0.1) is 23.2 Å². The Balaban J connectivity index is 1.59. The molecule has 138 valence electrons. The number of hydrogen-bond donors (Lipinski definition) is 0. The number of nitriles is 1. The molecule has 0 radical (unpaired) electrons. The van der Waals surface area contributed by atoms with Gasteiger partial charge in [-0.2, -0.15) is 5.26 Å². The van der Waals surface area contributed by atoms with Crippen LogP contribution in [0.1, 0.15) is 39.7 Å². The van der Waals surface area contributed by atoms with Crippen LogP contribution in [0.25, 0.3) is 0 Å². The Labute approximate surface area is 168 Å². The van der Waals surface area contributed by atoms with Crippen molar-refractivity contribution in [3.05, 3.63) is 101 Å². The number of carbonyl (C=O) groups excluding carboxylic acids is 2. The standard InChI is InChI=1S/C25H16N2O2/c26-13-14-7-1-6-12-19(14)27-24(28)22-20-15-8-2-3-9-16(15)21(23(22)25(27)29)18-11-5-4-10-17(18)20/h1-12,20-23H/t20?,21?,22-,23-/m1/s1. The maximum Gasteiger partial charge on any atom is 0.238 e. The summed E-state index contributed by atoms with van der Waals surface area (Å²) in [5, 5.41) is 9.51. The summed E-state index contributed by atoms with van der Waals surface area (Å²) in [7, 11) is 0. The summed E-state index contributed by atoms with van der Waals surface area (Å²) >= 11 is 0. The van der Waals surface area contributed by atoms with Crippen LogP contribution < -0.4 is 4.90 Å². The molecule has 1 fully saturated rings. The molecule has 4 nitrogen and oxygen atoms in total. The van der Waals surface area contributed by atoms with Crippen molar-refractivity contribution in [3.8, 4) is 6.07 Å². The van der Waals surface area contributed by atoms with E-state index in [4.69, 9.17) is 0 Å². The molecule has 0 N–H and O–H groups in total. The second kappa shape index (κ2) is 5.65. The van der Waals surface area contributed by atoms with Crippen molar-refractivity contribution in [3.63, 3.8) is 0 Å². The zero-order chi connectivity index (χ0) is 19.7. The predicted molar refractivity (Wildman–Crippen MR) is 107 cm³/mol. The smallest absolute Gasteiger partial charge is 0.238 e. The molecule has 0 unspecified atom stereocenters. The van der Waals surface area contributed by atoms with Gasteiger partial charge in [-0.3, -0.25) is 9.59 Å². The maximum absolute atomic E-state index is 13.6. The summed E-state index contributed by atoms with van der Waals surface area (Å²) in [5.74, 6) is -1.50. The molecule has 29 heavy (non-hydrogen) atoms. The van der Waals surface area contributed by atoms with E-state index in [0.29, 0.717) is 11.3 Å². The third kappa shape index (κ3) is 1.92. The fraction of sp³-hybridized carbons (Fsp3) is 0.160. The van der Waals surface area contributed by atoms with E-state index >= 15 is 0 Å². The van der Waals surface area contributed by atoms with Crippen LogP contribution >= 0.6 is 0 Å². The third-order valence-electron chi connectivity index (χ3n) is 6.71. The fourth-order valence-corrected chi connectivity index (χ4v) is 5.68. The summed E-state index contributed by atoms with van der Waals surface area (Å²) in [6.45, 7) is 0. The minimum Gasteiger partial charge on any atom is -0.274 e. The first-order valence-corrected chi connectivity index (χ1v) is 9.77. The first kappa shape index (κ1) is 16.3. The van der Waals surface area contributed by atoms with Gasteiger partial charge in [0, 0.05) is 11.8 Å². The lowest BCUT2D eigenvalue weighted by molar-refractivity contribution is -0.122. The van der Waals surface area contributed by atoms with Gasteiger partial charge in [0.05, 0.1) is 23.1 Å². The average Bonchev–Trinajstić information content (AvgIpc) is 3.04. The minimum absolute atomic E-state index is 0.131. The molecule has 0 spiro atoms. The predicted octanol–water partition coefficient (Wildman–Crippen LogP) is 3.95. The number of nitrogens with zero attached hydrogens (tertiary/aromatic N) is 2. The van der Waals surface area contributed by atoms with Gasteiger partial charge in [0.15, 0.2) is 0 Å². The first-order valence-electron chi connectivity index (χ1n) is 9.77. The second-order valence-corrected chi connectivity index (χ2v) is 7.91. The summed E-state index contributed by atoms with van der Waals surface area (Å²) in [6, 6.07) is 25.3.